The topological polar surface area (TPSA) is 0 Å². The van der Waals surface area contributed by atoms with Crippen molar-refractivity contribution in [2.75, 3.05) is 5.88 Å². The van der Waals surface area contributed by atoms with E-state index in [4.69, 9.17) is 11.6 Å². The predicted molar refractivity (Wildman–Crippen MR) is 55.7 cm³/mol. The van der Waals surface area contributed by atoms with E-state index in [9.17, 15) is 0 Å². The van der Waals surface area contributed by atoms with Gasteiger partial charge in [0.2, 0.25) is 0 Å². The van der Waals surface area contributed by atoms with Crippen LogP contribution < -0.4 is 0 Å². The molecular weight excluding hydrogens is 168 g/mol. The molecule has 70 valence electrons. The molecule has 0 spiro atoms. The molecule has 1 aliphatic carbocycles. The summed E-state index contributed by atoms with van der Waals surface area (Å²) in [4.78, 5) is 0. The van der Waals surface area contributed by atoms with Crippen LogP contribution in [0.3, 0.4) is 0 Å². The molecular formula is C11H19Cl. The Labute approximate surface area is 81.0 Å². The highest BCUT2D eigenvalue weighted by atomic mass is 35.5. The van der Waals surface area contributed by atoms with E-state index in [0.717, 1.165) is 11.8 Å². The monoisotopic (exact) mass is 186 g/mol. The van der Waals surface area contributed by atoms with Crippen molar-refractivity contribution in [3.63, 3.8) is 0 Å². The Bertz CT molecular complexity index is 149. The smallest absolute Gasteiger partial charge is 0.0229 e. The summed E-state index contributed by atoms with van der Waals surface area (Å²) in [5.41, 5.74) is 1.68. The van der Waals surface area contributed by atoms with Crippen molar-refractivity contribution < 1.29 is 0 Å². The number of hydrogen-bond donors (Lipinski definition) is 0. The summed E-state index contributed by atoms with van der Waals surface area (Å²) in [6.45, 7) is 2.26. The van der Waals surface area contributed by atoms with Crippen LogP contribution in [0.2, 0.25) is 0 Å². The van der Waals surface area contributed by atoms with E-state index in [1.807, 2.05) is 0 Å². The van der Waals surface area contributed by atoms with Gasteiger partial charge >= 0.3 is 0 Å². The van der Waals surface area contributed by atoms with Crippen molar-refractivity contribution in [1.29, 1.82) is 0 Å². The average Bonchev–Trinajstić information content (AvgIpc) is 1.97. The Hall–Kier alpha value is 0.0300. The summed E-state index contributed by atoms with van der Waals surface area (Å²) in [5.74, 6) is 1.64. The third-order valence-corrected chi connectivity index (χ3v) is 2.95. The van der Waals surface area contributed by atoms with Crippen LogP contribution >= 0.6 is 11.6 Å². The molecule has 1 rings (SSSR count). The molecule has 0 aliphatic heterocycles. The molecule has 12 heavy (non-hydrogen) atoms. The molecule has 1 aliphatic rings. The van der Waals surface area contributed by atoms with E-state index >= 15 is 0 Å². The zero-order valence-electron chi connectivity index (χ0n) is 7.98. The first-order valence-electron chi connectivity index (χ1n) is 5.13. The highest BCUT2D eigenvalue weighted by Crippen LogP contribution is 2.32. The highest BCUT2D eigenvalue weighted by molar-refractivity contribution is 6.17. The second-order valence-corrected chi connectivity index (χ2v) is 4.01. The van der Waals surface area contributed by atoms with E-state index in [1.54, 1.807) is 5.57 Å². The van der Waals surface area contributed by atoms with Gasteiger partial charge in [-0.3, -0.25) is 0 Å². The quantitative estimate of drug-likeness (QED) is 0.432. The Balaban J connectivity index is 2.27. The molecule has 0 aromatic carbocycles. The molecule has 0 amide bonds. The van der Waals surface area contributed by atoms with Gasteiger partial charge in [-0.1, -0.05) is 31.4 Å². The molecule has 0 radical (unpaired) electrons. The Kier molecular flexibility index (Phi) is 4.75. The zero-order valence-corrected chi connectivity index (χ0v) is 8.74. The molecule has 0 aromatic rings. The van der Waals surface area contributed by atoms with E-state index in [1.165, 1.54) is 38.5 Å². The molecule has 0 saturated heterocycles. The summed E-state index contributed by atoms with van der Waals surface area (Å²) in [7, 11) is 0. The summed E-state index contributed by atoms with van der Waals surface area (Å²) < 4.78 is 0. The molecule has 0 nitrogen and oxygen atoms in total. The number of allylic oxidation sites excluding steroid dienone is 2. The van der Waals surface area contributed by atoms with Crippen LogP contribution in [0.4, 0.5) is 0 Å². The van der Waals surface area contributed by atoms with Gasteiger partial charge in [-0.15, -0.1) is 11.6 Å². The summed E-state index contributed by atoms with van der Waals surface area (Å²) in [5, 5.41) is 0. The fraction of sp³-hybridized carbons (Fsp3) is 0.818. The highest BCUT2D eigenvalue weighted by Gasteiger charge is 2.16. The van der Waals surface area contributed by atoms with Gasteiger partial charge in [0.25, 0.3) is 0 Å². The normalized spacial score (nSPS) is 18.3. The summed E-state index contributed by atoms with van der Waals surface area (Å²) in [6.07, 6.45) is 10.3. The minimum atomic E-state index is 0.816. The van der Waals surface area contributed by atoms with E-state index in [2.05, 4.69) is 13.0 Å². The first-order valence-corrected chi connectivity index (χ1v) is 5.66. The van der Waals surface area contributed by atoms with Crippen molar-refractivity contribution in [3.05, 3.63) is 11.6 Å². The molecule has 1 heteroatoms. The zero-order chi connectivity index (χ0) is 8.81. The van der Waals surface area contributed by atoms with Gasteiger partial charge in [0.15, 0.2) is 0 Å². The van der Waals surface area contributed by atoms with E-state index < -0.39 is 0 Å². The van der Waals surface area contributed by atoms with Gasteiger partial charge < -0.3 is 0 Å². The van der Waals surface area contributed by atoms with E-state index in [0.29, 0.717) is 0 Å². The lowest BCUT2D eigenvalue weighted by atomic mass is 9.82. The number of halogens is 1. The van der Waals surface area contributed by atoms with Crippen molar-refractivity contribution >= 4 is 11.6 Å². The largest absolute Gasteiger partial charge is 0.127 e. The van der Waals surface area contributed by atoms with Crippen LogP contribution in [0.5, 0.6) is 0 Å². The SMILES string of the molecule is CCCCC(CCCl)C1=CCC1. The Morgan fingerprint density at radius 3 is 2.67 bits per heavy atom. The molecule has 0 saturated carbocycles. The van der Waals surface area contributed by atoms with Crippen LogP contribution in [0, 0.1) is 5.92 Å². The van der Waals surface area contributed by atoms with Gasteiger partial charge in [0.1, 0.15) is 0 Å². The third kappa shape index (κ3) is 2.82. The standard InChI is InChI=1S/C11H19Cl/c1-2-3-5-11(8-9-12)10-6-4-7-10/h6,11H,2-5,7-9H2,1H3. The van der Waals surface area contributed by atoms with Crippen LogP contribution in [-0.4, -0.2) is 5.88 Å². The van der Waals surface area contributed by atoms with Gasteiger partial charge in [-0.25, -0.2) is 0 Å². The second-order valence-electron chi connectivity index (χ2n) is 3.63. The fourth-order valence-electron chi connectivity index (χ4n) is 1.78. The number of unbranched alkanes of at least 4 members (excludes halogenated alkanes) is 1. The second kappa shape index (κ2) is 5.64. The van der Waals surface area contributed by atoms with Crippen molar-refractivity contribution in [2.24, 2.45) is 5.92 Å². The molecule has 0 aromatic heterocycles. The average molecular weight is 187 g/mol. The number of alkyl halides is 1. The predicted octanol–water partition coefficient (Wildman–Crippen LogP) is 4.14. The minimum absolute atomic E-state index is 0.816. The molecule has 0 fully saturated rings. The van der Waals surface area contributed by atoms with Crippen LogP contribution in [0.1, 0.15) is 45.4 Å². The maximum absolute atomic E-state index is 5.77. The first kappa shape index (κ1) is 10.1. The number of rotatable bonds is 6. The van der Waals surface area contributed by atoms with Crippen molar-refractivity contribution in [1.82, 2.24) is 0 Å². The number of hydrogen-bond acceptors (Lipinski definition) is 0. The third-order valence-electron chi connectivity index (χ3n) is 2.73. The molecule has 0 heterocycles. The first-order chi connectivity index (χ1) is 5.88. The lowest BCUT2D eigenvalue weighted by Gasteiger charge is -2.24. The minimum Gasteiger partial charge on any atom is -0.127 e. The van der Waals surface area contributed by atoms with E-state index in [-0.39, 0.29) is 0 Å². The van der Waals surface area contributed by atoms with Crippen LogP contribution in [-0.2, 0) is 0 Å². The molecule has 1 atom stereocenters. The maximum atomic E-state index is 5.77. The van der Waals surface area contributed by atoms with Gasteiger partial charge in [-0.2, -0.15) is 0 Å². The fourth-order valence-corrected chi connectivity index (χ4v) is 2.04. The molecule has 0 N–H and O–H groups in total. The van der Waals surface area contributed by atoms with Gasteiger partial charge in [-0.05, 0) is 31.6 Å². The maximum Gasteiger partial charge on any atom is 0.0229 e. The van der Waals surface area contributed by atoms with Crippen LogP contribution in [0.25, 0.3) is 0 Å². The summed E-state index contributed by atoms with van der Waals surface area (Å²) >= 11 is 5.77. The van der Waals surface area contributed by atoms with Gasteiger partial charge in [0.05, 0.1) is 0 Å². The van der Waals surface area contributed by atoms with Gasteiger partial charge in [0, 0.05) is 5.88 Å². The Morgan fingerprint density at radius 1 is 1.50 bits per heavy atom. The van der Waals surface area contributed by atoms with Crippen LogP contribution in [0.15, 0.2) is 11.6 Å². The van der Waals surface area contributed by atoms with Crippen molar-refractivity contribution in [2.45, 2.75) is 45.4 Å². The summed E-state index contributed by atoms with van der Waals surface area (Å²) in [6, 6.07) is 0. The van der Waals surface area contributed by atoms with Crippen molar-refractivity contribution in [3.8, 4) is 0 Å². The lowest BCUT2D eigenvalue weighted by molar-refractivity contribution is 0.486. The molecule has 1 unspecified atom stereocenters. The Morgan fingerprint density at radius 2 is 2.25 bits per heavy atom. The molecule has 0 bridgehead atoms. The lowest BCUT2D eigenvalue weighted by Crippen LogP contribution is -2.10.